The van der Waals surface area contributed by atoms with Gasteiger partial charge in [0.2, 0.25) is 0 Å². The fraction of sp³-hybridized carbons (Fsp3) is 0.667. The second kappa shape index (κ2) is 4.81. The summed E-state index contributed by atoms with van der Waals surface area (Å²) < 4.78 is 5.60. The van der Waals surface area contributed by atoms with E-state index in [-0.39, 0.29) is 11.6 Å². The Morgan fingerprint density at radius 3 is 2.53 bits per heavy atom. The third kappa shape index (κ3) is 4.06. The topological polar surface area (TPSA) is 51.2 Å². The van der Waals surface area contributed by atoms with Crippen LogP contribution < -0.4 is 11.1 Å². The predicted octanol–water partition coefficient (Wildman–Crippen LogP) is 2.37. The molecule has 1 unspecified atom stereocenters. The maximum Gasteiger partial charge on any atom is 0.121 e. The van der Waals surface area contributed by atoms with Gasteiger partial charge in [-0.15, -0.1) is 0 Å². The Balaban J connectivity index is 2.57. The first-order chi connectivity index (χ1) is 6.92. The molecule has 0 aliphatic carbocycles. The van der Waals surface area contributed by atoms with Crippen molar-refractivity contribution in [3.05, 3.63) is 23.7 Å². The molecule has 0 amide bonds. The highest BCUT2D eigenvalue weighted by Gasteiger charge is 2.17. The van der Waals surface area contributed by atoms with Crippen molar-refractivity contribution in [2.45, 2.75) is 45.2 Å². The van der Waals surface area contributed by atoms with E-state index in [1.165, 1.54) is 0 Å². The number of hydrogen-bond acceptors (Lipinski definition) is 3. The van der Waals surface area contributed by atoms with Crippen molar-refractivity contribution in [2.75, 3.05) is 7.05 Å². The highest BCUT2D eigenvalue weighted by atomic mass is 16.3. The summed E-state index contributed by atoms with van der Waals surface area (Å²) in [5.74, 6) is 1.96. The van der Waals surface area contributed by atoms with Gasteiger partial charge in [-0.2, -0.15) is 0 Å². The molecule has 3 heteroatoms. The van der Waals surface area contributed by atoms with Gasteiger partial charge in [0, 0.05) is 5.54 Å². The van der Waals surface area contributed by atoms with E-state index < -0.39 is 0 Å². The Morgan fingerprint density at radius 2 is 2.13 bits per heavy atom. The van der Waals surface area contributed by atoms with E-state index in [1.54, 1.807) is 0 Å². The molecule has 86 valence electrons. The van der Waals surface area contributed by atoms with Crippen LogP contribution in [0.5, 0.6) is 0 Å². The van der Waals surface area contributed by atoms with E-state index in [0.29, 0.717) is 0 Å². The smallest absolute Gasteiger partial charge is 0.121 e. The molecule has 0 saturated carbocycles. The van der Waals surface area contributed by atoms with Gasteiger partial charge in [0.05, 0.1) is 6.04 Å². The van der Waals surface area contributed by atoms with Gasteiger partial charge >= 0.3 is 0 Å². The molecule has 0 aromatic carbocycles. The summed E-state index contributed by atoms with van der Waals surface area (Å²) in [5, 5.41) is 3.25. The third-order valence-corrected chi connectivity index (χ3v) is 2.53. The summed E-state index contributed by atoms with van der Waals surface area (Å²) in [7, 11) is 1.95. The van der Waals surface area contributed by atoms with E-state index in [9.17, 15) is 0 Å². The molecule has 1 heterocycles. The summed E-state index contributed by atoms with van der Waals surface area (Å²) in [4.78, 5) is 0. The zero-order valence-electron chi connectivity index (χ0n) is 10.1. The van der Waals surface area contributed by atoms with Crippen LogP contribution >= 0.6 is 0 Å². The van der Waals surface area contributed by atoms with Crippen molar-refractivity contribution < 1.29 is 4.42 Å². The minimum atomic E-state index is -0.114. The van der Waals surface area contributed by atoms with Gasteiger partial charge in [0.25, 0.3) is 0 Å². The van der Waals surface area contributed by atoms with E-state index in [0.717, 1.165) is 24.4 Å². The summed E-state index contributed by atoms with van der Waals surface area (Å²) in [6, 6.07) is 4.29. The van der Waals surface area contributed by atoms with Crippen LogP contribution in [0.1, 0.15) is 44.3 Å². The van der Waals surface area contributed by atoms with Gasteiger partial charge < -0.3 is 15.5 Å². The van der Waals surface area contributed by atoms with Crippen LogP contribution in [-0.4, -0.2) is 12.6 Å². The zero-order valence-corrected chi connectivity index (χ0v) is 10.1. The molecule has 1 aromatic heterocycles. The van der Waals surface area contributed by atoms with Crippen molar-refractivity contribution in [3.8, 4) is 0 Å². The highest BCUT2D eigenvalue weighted by molar-refractivity contribution is 5.09. The first-order valence-corrected chi connectivity index (χ1v) is 5.45. The molecule has 3 N–H and O–H groups in total. The molecule has 1 atom stereocenters. The van der Waals surface area contributed by atoms with Crippen molar-refractivity contribution in [1.82, 2.24) is 5.32 Å². The molecule has 3 nitrogen and oxygen atoms in total. The van der Waals surface area contributed by atoms with Crippen molar-refractivity contribution in [1.29, 1.82) is 0 Å². The van der Waals surface area contributed by atoms with Crippen LogP contribution in [0.15, 0.2) is 16.5 Å². The number of nitrogens with two attached hydrogens (primary N) is 1. The molecule has 0 saturated heterocycles. The first-order valence-electron chi connectivity index (χ1n) is 5.45. The summed E-state index contributed by atoms with van der Waals surface area (Å²) in [6.45, 7) is 6.06. The number of hydrogen-bond donors (Lipinski definition) is 2. The Bertz CT molecular complexity index is 299. The molecule has 0 aliphatic rings. The fourth-order valence-electron chi connectivity index (χ4n) is 1.59. The van der Waals surface area contributed by atoms with Crippen LogP contribution in [0.2, 0.25) is 0 Å². The Morgan fingerprint density at radius 1 is 1.47 bits per heavy atom. The molecule has 1 rings (SSSR count). The van der Waals surface area contributed by atoms with Gasteiger partial charge in [-0.3, -0.25) is 0 Å². The maximum absolute atomic E-state index is 5.96. The van der Waals surface area contributed by atoms with E-state index >= 15 is 0 Å². The van der Waals surface area contributed by atoms with Crippen LogP contribution in [0.25, 0.3) is 0 Å². The van der Waals surface area contributed by atoms with Crippen molar-refractivity contribution >= 4 is 0 Å². The van der Waals surface area contributed by atoms with E-state index in [1.807, 2.05) is 40.0 Å². The third-order valence-electron chi connectivity index (χ3n) is 2.53. The number of rotatable bonds is 5. The second-order valence-corrected chi connectivity index (χ2v) is 4.82. The quantitative estimate of drug-likeness (QED) is 0.784. The average Bonchev–Trinajstić information content (AvgIpc) is 2.51. The van der Waals surface area contributed by atoms with Crippen LogP contribution in [0.4, 0.5) is 0 Å². The Hall–Kier alpha value is -0.800. The molecule has 0 bridgehead atoms. The molecular formula is C12H22N2O. The molecule has 0 fully saturated rings. The lowest BCUT2D eigenvalue weighted by molar-refractivity contribution is 0.360. The van der Waals surface area contributed by atoms with Crippen molar-refractivity contribution in [2.24, 2.45) is 5.73 Å². The monoisotopic (exact) mass is 210 g/mol. The predicted molar refractivity (Wildman–Crippen MR) is 62.7 cm³/mol. The van der Waals surface area contributed by atoms with E-state index in [4.69, 9.17) is 10.2 Å². The summed E-state index contributed by atoms with van der Waals surface area (Å²) >= 11 is 0. The fourth-order valence-corrected chi connectivity index (χ4v) is 1.59. The molecule has 1 aromatic rings. The van der Waals surface area contributed by atoms with Crippen LogP contribution in [-0.2, 0) is 0 Å². The van der Waals surface area contributed by atoms with Crippen LogP contribution in [0, 0.1) is 6.92 Å². The minimum absolute atomic E-state index is 0.114. The van der Waals surface area contributed by atoms with E-state index in [2.05, 4.69) is 5.32 Å². The van der Waals surface area contributed by atoms with Gasteiger partial charge in [-0.05, 0) is 52.8 Å². The Labute approximate surface area is 92.0 Å². The van der Waals surface area contributed by atoms with Crippen molar-refractivity contribution in [3.63, 3.8) is 0 Å². The lowest BCUT2D eigenvalue weighted by atomic mass is 9.96. The number of nitrogens with one attached hydrogen (secondary N) is 1. The van der Waals surface area contributed by atoms with Gasteiger partial charge in [-0.1, -0.05) is 0 Å². The lowest BCUT2D eigenvalue weighted by Gasteiger charge is -2.21. The number of furan rings is 1. The minimum Gasteiger partial charge on any atom is -0.465 e. The molecule has 0 radical (unpaired) electrons. The molecule has 15 heavy (non-hydrogen) atoms. The SMILES string of the molecule is CNC(CCC(C)(C)N)c1ccc(C)o1. The van der Waals surface area contributed by atoms with Gasteiger partial charge in [0.1, 0.15) is 11.5 Å². The number of aryl methyl sites for hydroxylation is 1. The largest absolute Gasteiger partial charge is 0.465 e. The zero-order chi connectivity index (χ0) is 11.5. The molecule has 0 aliphatic heterocycles. The Kier molecular flexibility index (Phi) is 3.94. The average molecular weight is 210 g/mol. The second-order valence-electron chi connectivity index (χ2n) is 4.82. The van der Waals surface area contributed by atoms with Crippen LogP contribution in [0.3, 0.4) is 0 Å². The lowest BCUT2D eigenvalue weighted by Crippen LogP contribution is -2.33. The highest BCUT2D eigenvalue weighted by Crippen LogP contribution is 2.22. The summed E-state index contributed by atoms with van der Waals surface area (Å²) in [5.41, 5.74) is 5.85. The molecule has 0 spiro atoms. The first kappa shape index (κ1) is 12.3. The van der Waals surface area contributed by atoms with Gasteiger partial charge in [0.15, 0.2) is 0 Å². The van der Waals surface area contributed by atoms with Gasteiger partial charge in [-0.25, -0.2) is 0 Å². The normalized spacial score (nSPS) is 14.2. The standard InChI is InChI=1S/C12H22N2O/c1-9-5-6-11(15-9)10(14-4)7-8-12(2,3)13/h5-6,10,14H,7-8,13H2,1-4H3. The molecular weight excluding hydrogens is 188 g/mol. The summed E-state index contributed by atoms with van der Waals surface area (Å²) in [6.07, 6.45) is 1.96. The maximum atomic E-state index is 5.96.